The molecule has 1 amide bonds. The Labute approximate surface area is 109 Å². The molecule has 88 valence electrons. The van der Waals surface area contributed by atoms with Gasteiger partial charge in [-0.1, -0.05) is 27.5 Å². The SMILES string of the molecule is CNC(=O)CCCNc1cc(Br)ccc1Cl. The summed E-state index contributed by atoms with van der Waals surface area (Å²) in [5.74, 6) is 0.0575. The van der Waals surface area contributed by atoms with Crippen LogP contribution in [0.3, 0.4) is 0 Å². The van der Waals surface area contributed by atoms with Crippen LogP contribution in [0.1, 0.15) is 12.8 Å². The molecule has 0 aromatic heterocycles. The molecule has 16 heavy (non-hydrogen) atoms. The molecule has 1 aromatic rings. The molecule has 0 spiro atoms. The lowest BCUT2D eigenvalue weighted by Crippen LogP contribution is -2.18. The molecule has 0 radical (unpaired) electrons. The Bertz CT molecular complexity index is 371. The predicted octanol–water partition coefficient (Wildman–Crippen LogP) is 3.04. The van der Waals surface area contributed by atoms with Gasteiger partial charge in [0.2, 0.25) is 5.91 Å². The first-order chi connectivity index (χ1) is 7.63. The second kappa shape index (κ2) is 6.76. The van der Waals surface area contributed by atoms with Crippen molar-refractivity contribution in [3.05, 3.63) is 27.7 Å². The summed E-state index contributed by atoms with van der Waals surface area (Å²) in [6.07, 6.45) is 1.30. The number of anilines is 1. The molecule has 1 aromatic carbocycles. The number of carbonyl (C=O) groups excluding carboxylic acids is 1. The Hall–Kier alpha value is -0.740. The lowest BCUT2D eigenvalue weighted by atomic mass is 10.2. The highest BCUT2D eigenvalue weighted by Gasteiger charge is 2.01. The van der Waals surface area contributed by atoms with Gasteiger partial charge in [-0.2, -0.15) is 0 Å². The number of hydrogen-bond acceptors (Lipinski definition) is 2. The van der Waals surface area contributed by atoms with Gasteiger partial charge in [0.05, 0.1) is 10.7 Å². The van der Waals surface area contributed by atoms with Crippen LogP contribution in [-0.4, -0.2) is 19.5 Å². The Morgan fingerprint density at radius 1 is 1.50 bits per heavy atom. The number of benzene rings is 1. The largest absolute Gasteiger partial charge is 0.384 e. The number of amides is 1. The van der Waals surface area contributed by atoms with E-state index >= 15 is 0 Å². The third-order valence-corrected chi connectivity index (χ3v) is 2.93. The van der Waals surface area contributed by atoms with E-state index in [-0.39, 0.29) is 5.91 Å². The van der Waals surface area contributed by atoms with Gasteiger partial charge in [-0.25, -0.2) is 0 Å². The first-order valence-electron chi connectivity index (χ1n) is 5.03. The second-order valence-corrected chi connectivity index (χ2v) is 4.65. The van der Waals surface area contributed by atoms with Gasteiger partial charge < -0.3 is 10.6 Å². The van der Waals surface area contributed by atoms with Crippen molar-refractivity contribution in [2.24, 2.45) is 0 Å². The smallest absolute Gasteiger partial charge is 0.219 e. The summed E-state index contributed by atoms with van der Waals surface area (Å²) in [7, 11) is 1.64. The van der Waals surface area contributed by atoms with E-state index in [4.69, 9.17) is 11.6 Å². The molecule has 0 aliphatic rings. The highest BCUT2D eigenvalue weighted by molar-refractivity contribution is 9.10. The van der Waals surface area contributed by atoms with Gasteiger partial charge in [-0.05, 0) is 24.6 Å². The highest BCUT2D eigenvalue weighted by atomic mass is 79.9. The fourth-order valence-corrected chi connectivity index (χ4v) is 1.78. The highest BCUT2D eigenvalue weighted by Crippen LogP contribution is 2.25. The van der Waals surface area contributed by atoms with Crippen LogP contribution in [0.15, 0.2) is 22.7 Å². The van der Waals surface area contributed by atoms with Crippen molar-refractivity contribution in [1.29, 1.82) is 0 Å². The lowest BCUT2D eigenvalue weighted by molar-refractivity contribution is -0.120. The minimum Gasteiger partial charge on any atom is -0.384 e. The van der Waals surface area contributed by atoms with Crippen LogP contribution >= 0.6 is 27.5 Å². The zero-order valence-corrected chi connectivity index (χ0v) is 11.4. The maximum atomic E-state index is 11.0. The Morgan fingerprint density at radius 3 is 2.94 bits per heavy atom. The molecule has 0 saturated heterocycles. The normalized spacial score (nSPS) is 9.94. The van der Waals surface area contributed by atoms with E-state index in [9.17, 15) is 4.79 Å². The van der Waals surface area contributed by atoms with E-state index in [0.717, 1.165) is 23.1 Å². The quantitative estimate of drug-likeness (QED) is 0.821. The maximum absolute atomic E-state index is 11.0. The molecule has 0 aliphatic heterocycles. The molecule has 3 nitrogen and oxygen atoms in total. The van der Waals surface area contributed by atoms with Crippen LogP contribution in [0.4, 0.5) is 5.69 Å². The van der Waals surface area contributed by atoms with Crippen molar-refractivity contribution < 1.29 is 4.79 Å². The van der Waals surface area contributed by atoms with Crippen LogP contribution in [0.5, 0.6) is 0 Å². The monoisotopic (exact) mass is 304 g/mol. The van der Waals surface area contributed by atoms with E-state index in [0.29, 0.717) is 11.4 Å². The number of hydrogen-bond donors (Lipinski definition) is 2. The standard InChI is InChI=1S/C11H14BrClN2O/c1-14-11(16)3-2-6-15-10-7-8(12)4-5-9(10)13/h4-5,7,15H,2-3,6H2,1H3,(H,14,16). The third kappa shape index (κ3) is 4.41. The Kier molecular flexibility index (Phi) is 5.63. The van der Waals surface area contributed by atoms with Gasteiger partial charge in [0.15, 0.2) is 0 Å². The zero-order chi connectivity index (χ0) is 12.0. The number of carbonyl (C=O) groups is 1. The zero-order valence-electron chi connectivity index (χ0n) is 9.02. The minimum absolute atomic E-state index is 0.0575. The summed E-state index contributed by atoms with van der Waals surface area (Å²) in [5.41, 5.74) is 0.882. The van der Waals surface area contributed by atoms with E-state index in [1.54, 1.807) is 7.05 Å². The molecule has 0 aliphatic carbocycles. The Morgan fingerprint density at radius 2 is 2.25 bits per heavy atom. The summed E-state index contributed by atoms with van der Waals surface area (Å²) in [5, 5.41) is 6.46. The van der Waals surface area contributed by atoms with Gasteiger partial charge in [-0.3, -0.25) is 4.79 Å². The van der Waals surface area contributed by atoms with Gasteiger partial charge in [0, 0.05) is 24.5 Å². The lowest BCUT2D eigenvalue weighted by Gasteiger charge is -2.08. The maximum Gasteiger partial charge on any atom is 0.219 e. The van der Waals surface area contributed by atoms with Crippen LogP contribution in [-0.2, 0) is 4.79 Å². The van der Waals surface area contributed by atoms with E-state index in [1.165, 1.54) is 0 Å². The Balaban J connectivity index is 2.37. The van der Waals surface area contributed by atoms with Crippen LogP contribution < -0.4 is 10.6 Å². The van der Waals surface area contributed by atoms with Crippen molar-refractivity contribution in [1.82, 2.24) is 5.32 Å². The van der Waals surface area contributed by atoms with Crippen molar-refractivity contribution in [3.63, 3.8) is 0 Å². The molecule has 2 N–H and O–H groups in total. The van der Waals surface area contributed by atoms with Crippen LogP contribution in [0, 0.1) is 0 Å². The summed E-state index contributed by atoms with van der Waals surface area (Å²) in [6, 6.07) is 5.63. The summed E-state index contributed by atoms with van der Waals surface area (Å²) < 4.78 is 0.978. The summed E-state index contributed by atoms with van der Waals surface area (Å²) in [6.45, 7) is 0.726. The molecule has 0 bridgehead atoms. The van der Waals surface area contributed by atoms with Crippen molar-refractivity contribution >= 4 is 39.1 Å². The van der Waals surface area contributed by atoms with Crippen LogP contribution in [0.25, 0.3) is 0 Å². The molecule has 5 heteroatoms. The first-order valence-corrected chi connectivity index (χ1v) is 6.20. The first kappa shape index (κ1) is 13.3. The molecule has 0 fully saturated rings. The molecular formula is C11H14BrClN2O. The van der Waals surface area contributed by atoms with Gasteiger partial charge in [0.25, 0.3) is 0 Å². The fraction of sp³-hybridized carbons (Fsp3) is 0.364. The van der Waals surface area contributed by atoms with Gasteiger partial charge in [-0.15, -0.1) is 0 Å². The molecule has 0 saturated carbocycles. The average Bonchev–Trinajstić information content (AvgIpc) is 2.28. The van der Waals surface area contributed by atoms with Crippen molar-refractivity contribution in [3.8, 4) is 0 Å². The third-order valence-electron chi connectivity index (χ3n) is 2.10. The summed E-state index contributed by atoms with van der Waals surface area (Å²) in [4.78, 5) is 11.0. The topological polar surface area (TPSA) is 41.1 Å². The van der Waals surface area contributed by atoms with Crippen molar-refractivity contribution in [2.75, 3.05) is 18.9 Å². The molecule has 0 heterocycles. The van der Waals surface area contributed by atoms with E-state index < -0.39 is 0 Å². The fourth-order valence-electron chi connectivity index (χ4n) is 1.23. The van der Waals surface area contributed by atoms with Gasteiger partial charge in [0.1, 0.15) is 0 Å². The average molecular weight is 306 g/mol. The number of halogens is 2. The minimum atomic E-state index is 0.0575. The predicted molar refractivity (Wildman–Crippen MR) is 70.9 cm³/mol. The number of nitrogens with one attached hydrogen (secondary N) is 2. The van der Waals surface area contributed by atoms with Crippen molar-refractivity contribution in [2.45, 2.75) is 12.8 Å². The molecule has 1 rings (SSSR count). The van der Waals surface area contributed by atoms with Crippen LogP contribution in [0.2, 0.25) is 5.02 Å². The number of rotatable bonds is 5. The van der Waals surface area contributed by atoms with Gasteiger partial charge >= 0.3 is 0 Å². The van der Waals surface area contributed by atoms with E-state index in [2.05, 4.69) is 26.6 Å². The second-order valence-electron chi connectivity index (χ2n) is 3.33. The summed E-state index contributed by atoms with van der Waals surface area (Å²) >= 11 is 9.38. The van der Waals surface area contributed by atoms with E-state index in [1.807, 2.05) is 18.2 Å². The molecular weight excluding hydrogens is 291 g/mol. The molecule has 0 unspecified atom stereocenters. The molecule has 0 atom stereocenters.